The summed E-state index contributed by atoms with van der Waals surface area (Å²) in [6.45, 7) is 3.33. The summed E-state index contributed by atoms with van der Waals surface area (Å²) in [5.74, 6) is 0.197. The van der Waals surface area contributed by atoms with E-state index in [9.17, 15) is 17.2 Å². The van der Waals surface area contributed by atoms with Crippen LogP contribution in [0.1, 0.15) is 24.4 Å². The van der Waals surface area contributed by atoms with Crippen molar-refractivity contribution in [3.63, 3.8) is 0 Å². The molecule has 0 saturated carbocycles. The zero-order chi connectivity index (χ0) is 17.9. The van der Waals surface area contributed by atoms with Gasteiger partial charge in [0.15, 0.2) is 0 Å². The maximum Gasteiger partial charge on any atom is 0.333 e. The Bertz CT molecular complexity index is 663. The Morgan fingerprint density at radius 1 is 1.42 bits per heavy atom. The van der Waals surface area contributed by atoms with Crippen molar-refractivity contribution in [2.45, 2.75) is 31.7 Å². The van der Waals surface area contributed by atoms with Gasteiger partial charge in [0, 0.05) is 26.7 Å². The SMILES string of the molecule is COCCN1CCC(CNS(=O)(=O)c2c(C)nn(C(F)F)c2C)C1. The Morgan fingerprint density at radius 2 is 2.12 bits per heavy atom. The molecule has 24 heavy (non-hydrogen) atoms. The Hall–Kier alpha value is -1.10. The highest BCUT2D eigenvalue weighted by atomic mass is 32.2. The Labute approximate surface area is 141 Å². The molecule has 1 N–H and O–H groups in total. The van der Waals surface area contributed by atoms with E-state index in [1.54, 1.807) is 7.11 Å². The number of halogens is 2. The topological polar surface area (TPSA) is 76.5 Å². The van der Waals surface area contributed by atoms with Gasteiger partial charge < -0.3 is 9.64 Å². The van der Waals surface area contributed by atoms with Crippen LogP contribution in [-0.2, 0) is 14.8 Å². The van der Waals surface area contributed by atoms with Gasteiger partial charge in [0.05, 0.1) is 18.0 Å². The van der Waals surface area contributed by atoms with Crippen LogP contribution in [0.5, 0.6) is 0 Å². The van der Waals surface area contributed by atoms with Crippen LogP contribution in [-0.4, -0.2) is 63.0 Å². The Morgan fingerprint density at radius 3 is 2.71 bits per heavy atom. The van der Waals surface area contributed by atoms with Crippen LogP contribution in [0, 0.1) is 19.8 Å². The maximum absolute atomic E-state index is 12.9. The monoisotopic (exact) mass is 366 g/mol. The molecule has 1 fully saturated rings. The number of alkyl halides is 2. The minimum Gasteiger partial charge on any atom is -0.383 e. The number of nitrogens with one attached hydrogen (secondary N) is 1. The van der Waals surface area contributed by atoms with E-state index in [0.29, 0.717) is 11.3 Å². The van der Waals surface area contributed by atoms with E-state index >= 15 is 0 Å². The summed E-state index contributed by atoms with van der Waals surface area (Å²) in [5, 5.41) is 3.63. The van der Waals surface area contributed by atoms with Crippen LogP contribution in [0.2, 0.25) is 0 Å². The van der Waals surface area contributed by atoms with Crippen LogP contribution in [0.25, 0.3) is 0 Å². The van der Waals surface area contributed by atoms with Crippen molar-refractivity contribution >= 4 is 10.0 Å². The minimum atomic E-state index is -3.87. The number of ether oxygens (including phenoxy) is 1. The van der Waals surface area contributed by atoms with Gasteiger partial charge in [-0.15, -0.1) is 0 Å². The molecule has 0 aliphatic carbocycles. The lowest BCUT2D eigenvalue weighted by Gasteiger charge is -2.15. The van der Waals surface area contributed by atoms with Crippen LogP contribution >= 0.6 is 0 Å². The van der Waals surface area contributed by atoms with Gasteiger partial charge in [-0.25, -0.2) is 17.8 Å². The number of nitrogens with zero attached hydrogens (tertiary/aromatic N) is 3. The van der Waals surface area contributed by atoms with Crippen LogP contribution in [0.15, 0.2) is 4.90 Å². The molecule has 7 nitrogen and oxygen atoms in total. The predicted molar refractivity (Wildman–Crippen MR) is 84.6 cm³/mol. The van der Waals surface area contributed by atoms with E-state index < -0.39 is 16.6 Å². The molecular weight excluding hydrogens is 342 g/mol. The molecule has 0 bridgehead atoms. The lowest BCUT2D eigenvalue weighted by atomic mass is 10.1. The van der Waals surface area contributed by atoms with Gasteiger partial charge >= 0.3 is 6.55 Å². The normalized spacial score (nSPS) is 19.5. The lowest BCUT2D eigenvalue weighted by Crippen LogP contribution is -2.32. The number of sulfonamides is 1. The van der Waals surface area contributed by atoms with Gasteiger partial charge in [0.25, 0.3) is 0 Å². The van der Waals surface area contributed by atoms with Gasteiger partial charge in [0.1, 0.15) is 4.90 Å². The summed E-state index contributed by atoms with van der Waals surface area (Å²) in [4.78, 5) is 2.06. The quantitative estimate of drug-likeness (QED) is 0.747. The Balaban J connectivity index is 2.00. The molecular formula is C14H24F2N4O3S. The molecule has 2 rings (SSSR count). The van der Waals surface area contributed by atoms with E-state index in [2.05, 4.69) is 14.7 Å². The molecule has 1 aromatic rings. The van der Waals surface area contributed by atoms with Crippen molar-refractivity contribution in [2.24, 2.45) is 5.92 Å². The fourth-order valence-electron chi connectivity index (χ4n) is 3.03. The second kappa shape index (κ2) is 7.85. The molecule has 1 aliphatic rings. The predicted octanol–water partition coefficient (Wildman–Crippen LogP) is 1.14. The third kappa shape index (κ3) is 4.29. The molecule has 2 heterocycles. The molecule has 1 aromatic heterocycles. The van der Waals surface area contributed by atoms with Crippen LogP contribution in [0.3, 0.4) is 0 Å². The number of hydrogen-bond acceptors (Lipinski definition) is 5. The second-order valence-electron chi connectivity index (χ2n) is 6.02. The third-order valence-corrected chi connectivity index (χ3v) is 5.93. The molecule has 1 aliphatic heterocycles. The molecule has 10 heteroatoms. The summed E-state index contributed by atoms with van der Waals surface area (Å²) in [7, 11) is -2.22. The second-order valence-corrected chi connectivity index (χ2v) is 7.73. The van der Waals surface area contributed by atoms with E-state index in [4.69, 9.17) is 4.74 Å². The van der Waals surface area contributed by atoms with Crippen molar-refractivity contribution in [2.75, 3.05) is 39.9 Å². The number of hydrogen-bond donors (Lipinski definition) is 1. The molecule has 0 aromatic carbocycles. The first kappa shape index (κ1) is 19.2. The van der Waals surface area contributed by atoms with Crippen molar-refractivity contribution in [1.29, 1.82) is 0 Å². The van der Waals surface area contributed by atoms with E-state index in [1.165, 1.54) is 13.8 Å². The van der Waals surface area contributed by atoms with Gasteiger partial charge in [-0.1, -0.05) is 0 Å². The Kier molecular flexibility index (Phi) is 6.29. The average molecular weight is 366 g/mol. The highest BCUT2D eigenvalue weighted by Gasteiger charge is 2.29. The summed E-state index contributed by atoms with van der Waals surface area (Å²) in [5.41, 5.74) is 0.0246. The zero-order valence-corrected chi connectivity index (χ0v) is 14.9. The zero-order valence-electron chi connectivity index (χ0n) is 14.1. The lowest BCUT2D eigenvalue weighted by molar-refractivity contribution is 0.0538. The van der Waals surface area contributed by atoms with E-state index in [-0.39, 0.29) is 28.7 Å². The summed E-state index contributed by atoms with van der Waals surface area (Å²) < 4.78 is 58.7. The van der Waals surface area contributed by atoms with Crippen molar-refractivity contribution in [3.8, 4) is 0 Å². The minimum absolute atomic E-state index is 0.0526. The van der Waals surface area contributed by atoms with E-state index in [1.807, 2.05) is 0 Å². The first-order valence-corrected chi connectivity index (χ1v) is 9.29. The molecule has 0 spiro atoms. The first-order chi connectivity index (χ1) is 11.3. The van der Waals surface area contributed by atoms with Crippen molar-refractivity contribution in [1.82, 2.24) is 19.4 Å². The third-order valence-electron chi connectivity index (χ3n) is 4.26. The average Bonchev–Trinajstić information content (AvgIpc) is 3.07. The first-order valence-electron chi connectivity index (χ1n) is 7.81. The molecule has 0 radical (unpaired) electrons. The number of aryl methyl sites for hydroxylation is 1. The van der Waals surface area contributed by atoms with Crippen LogP contribution < -0.4 is 4.72 Å². The van der Waals surface area contributed by atoms with Crippen molar-refractivity contribution in [3.05, 3.63) is 11.4 Å². The van der Waals surface area contributed by atoms with Gasteiger partial charge in [-0.05, 0) is 32.7 Å². The largest absolute Gasteiger partial charge is 0.383 e. The molecule has 0 amide bonds. The highest BCUT2D eigenvalue weighted by molar-refractivity contribution is 7.89. The molecule has 1 saturated heterocycles. The number of likely N-dealkylation sites (tertiary alicyclic amines) is 1. The maximum atomic E-state index is 12.9. The number of rotatable bonds is 8. The summed E-state index contributed by atoms with van der Waals surface area (Å²) >= 11 is 0. The number of aromatic nitrogens is 2. The fourth-order valence-corrected chi connectivity index (χ4v) is 4.54. The highest BCUT2D eigenvalue weighted by Crippen LogP contribution is 2.24. The summed E-state index contributed by atoms with van der Waals surface area (Å²) in [6.07, 6.45) is 0.889. The standard InChI is InChI=1S/C14H24F2N4O3S/c1-10-13(11(2)20(18-10)14(15)16)24(21,22)17-8-12-4-5-19(9-12)6-7-23-3/h12,14,17H,4-9H2,1-3H3. The molecule has 1 unspecified atom stereocenters. The van der Waals surface area contributed by atoms with Gasteiger partial charge in [-0.3, -0.25) is 0 Å². The van der Waals surface area contributed by atoms with Crippen LogP contribution in [0.4, 0.5) is 8.78 Å². The van der Waals surface area contributed by atoms with Gasteiger partial charge in [0.2, 0.25) is 10.0 Å². The van der Waals surface area contributed by atoms with Gasteiger partial charge in [-0.2, -0.15) is 13.9 Å². The fraction of sp³-hybridized carbons (Fsp3) is 0.786. The summed E-state index contributed by atoms with van der Waals surface area (Å²) in [6, 6.07) is 0. The number of methoxy groups -OCH3 is 1. The molecule has 138 valence electrons. The molecule has 1 atom stereocenters. The van der Waals surface area contributed by atoms with E-state index in [0.717, 1.165) is 26.1 Å². The van der Waals surface area contributed by atoms with Crippen molar-refractivity contribution < 1.29 is 21.9 Å². The smallest absolute Gasteiger partial charge is 0.333 e.